The molecule has 2 N–H and O–H groups in total. The lowest BCUT2D eigenvalue weighted by Gasteiger charge is -2.18. The summed E-state index contributed by atoms with van der Waals surface area (Å²) in [5.74, 6) is 0.187. The zero-order chi connectivity index (χ0) is 29.2. The van der Waals surface area contributed by atoms with Crippen molar-refractivity contribution < 1.29 is 14.3 Å². The Hall–Kier alpha value is -4.64. The van der Waals surface area contributed by atoms with E-state index >= 15 is 0 Å². The summed E-state index contributed by atoms with van der Waals surface area (Å²) in [6.07, 6.45) is 1.31. The van der Waals surface area contributed by atoms with Gasteiger partial charge in [0, 0.05) is 29.0 Å². The van der Waals surface area contributed by atoms with Gasteiger partial charge in [0.15, 0.2) is 5.43 Å². The number of pyridine rings is 1. The first-order chi connectivity index (χ1) is 19.2. The number of halogens is 1. The van der Waals surface area contributed by atoms with E-state index in [4.69, 9.17) is 16.3 Å². The highest BCUT2D eigenvalue weighted by Crippen LogP contribution is 2.22. The van der Waals surface area contributed by atoms with Crippen LogP contribution in [0.25, 0.3) is 0 Å². The van der Waals surface area contributed by atoms with Crippen LogP contribution < -0.4 is 26.9 Å². The topological polar surface area (TPSA) is 137 Å². The summed E-state index contributed by atoms with van der Waals surface area (Å²) in [4.78, 5) is 56.6. The molecule has 1 atom stereocenters. The number of ether oxygens (including phenoxy) is 2. The van der Waals surface area contributed by atoms with Crippen LogP contribution >= 0.6 is 11.6 Å². The number of nitrogens with one attached hydrogen (secondary N) is 2. The first-order valence-electron chi connectivity index (χ1n) is 12.5. The monoisotopic (exact) mass is 567 g/mol. The van der Waals surface area contributed by atoms with Crippen LogP contribution in [0.1, 0.15) is 38.8 Å². The number of carbonyl (C=O) groups is 1. The summed E-state index contributed by atoms with van der Waals surface area (Å²) in [6, 6.07) is 15.4. The second-order valence-corrected chi connectivity index (χ2v) is 8.79. The van der Waals surface area contributed by atoms with Crippen LogP contribution in [0.3, 0.4) is 0 Å². The molecule has 12 heteroatoms. The average molecular weight is 568 g/mol. The van der Waals surface area contributed by atoms with Gasteiger partial charge in [0.05, 0.1) is 26.1 Å². The lowest BCUT2D eigenvalue weighted by atomic mass is 10.2. The fourth-order valence-electron chi connectivity index (χ4n) is 3.66. The van der Waals surface area contributed by atoms with E-state index in [1.165, 1.54) is 30.0 Å². The SMILES string of the molecule is CC.COC(=O)C[C@H](C)n1c(=O)nc(Nc2ccc(Oc3cc(=O)cc[nH]3)cc2)n(Cc2ccc(Cl)cc2)c1=O. The summed E-state index contributed by atoms with van der Waals surface area (Å²) < 4.78 is 12.5. The van der Waals surface area contributed by atoms with Crippen molar-refractivity contribution in [1.29, 1.82) is 0 Å². The van der Waals surface area contributed by atoms with Crippen molar-refractivity contribution in [2.45, 2.75) is 39.8 Å². The van der Waals surface area contributed by atoms with Crippen LogP contribution in [0, 0.1) is 0 Å². The van der Waals surface area contributed by atoms with Gasteiger partial charge in [-0.15, -0.1) is 0 Å². The summed E-state index contributed by atoms with van der Waals surface area (Å²) in [5.41, 5.74) is -0.387. The second-order valence-electron chi connectivity index (χ2n) is 8.35. The molecule has 2 heterocycles. The maximum atomic E-state index is 13.5. The van der Waals surface area contributed by atoms with Crippen molar-refractivity contribution in [2.75, 3.05) is 12.4 Å². The van der Waals surface area contributed by atoms with E-state index in [0.29, 0.717) is 16.5 Å². The molecule has 0 saturated carbocycles. The van der Waals surface area contributed by atoms with Crippen LogP contribution in [0.5, 0.6) is 11.6 Å². The number of rotatable bonds is 9. The van der Waals surface area contributed by atoms with Crippen molar-refractivity contribution >= 4 is 29.2 Å². The van der Waals surface area contributed by atoms with Gasteiger partial charge >= 0.3 is 17.3 Å². The summed E-state index contributed by atoms with van der Waals surface area (Å²) in [5, 5.41) is 3.55. The molecule has 0 aliphatic rings. The number of aromatic nitrogens is 4. The van der Waals surface area contributed by atoms with E-state index in [1.807, 2.05) is 13.8 Å². The number of aromatic amines is 1. The minimum absolute atomic E-state index is 0.0116. The minimum atomic E-state index is -0.811. The Morgan fingerprint density at radius 1 is 1.05 bits per heavy atom. The highest BCUT2D eigenvalue weighted by Gasteiger charge is 2.20. The van der Waals surface area contributed by atoms with E-state index in [9.17, 15) is 19.2 Å². The van der Waals surface area contributed by atoms with Gasteiger partial charge < -0.3 is 19.8 Å². The number of H-pyrrole nitrogens is 1. The fourth-order valence-corrected chi connectivity index (χ4v) is 3.78. The zero-order valence-electron chi connectivity index (χ0n) is 22.5. The molecule has 0 radical (unpaired) electrons. The van der Waals surface area contributed by atoms with E-state index in [-0.39, 0.29) is 30.2 Å². The van der Waals surface area contributed by atoms with Crippen LogP contribution in [0.2, 0.25) is 5.02 Å². The minimum Gasteiger partial charge on any atom is -0.469 e. The Morgan fingerprint density at radius 3 is 2.35 bits per heavy atom. The van der Waals surface area contributed by atoms with Crippen molar-refractivity contribution in [2.24, 2.45) is 0 Å². The molecule has 40 heavy (non-hydrogen) atoms. The van der Waals surface area contributed by atoms with Gasteiger partial charge in [0.2, 0.25) is 11.8 Å². The molecule has 0 bridgehead atoms. The first-order valence-corrected chi connectivity index (χ1v) is 12.9. The second kappa shape index (κ2) is 13.9. The van der Waals surface area contributed by atoms with E-state index in [1.54, 1.807) is 55.5 Å². The van der Waals surface area contributed by atoms with Gasteiger partial charge in [-0.05, 0) is 48.9 Å². The molecule has 0 amide bonds. The van der Waals surface area contributed by atoms with Crippen molar-refractivity contribution in [3.05, 3.63) is 109 Å². The highest BCUT2D eigenvalue weighted by molar-refractivity contribution is 6.30. The van der Waals surface area contributed by atoms with Crippen molar-refractivity contribution in [1.82, 2.24) is 19.1 Å². The number of methoxy groups -OCH3 is 1. The Labute approximate surface area is 235 Å². The van der Waals surface area contributed by atoms with Gasteiger partial charge in [0.25, 0.3) is 0 Å². The van der Waals surface area contributed by atoms with Gasteiger partial charge in [0.1, 0.15) is 5.75 Å². The molecule has 0 fully saturated rings. The molecule has 11 nitrogen and oxygen atoms in total. The van der Waals surface area contributed by atoms with E-state index in [2.05, 4.69) is 20.0 Å². The summed E-state index contributed by atoms with van der Waals surface area (Å²) >= 11 is 6.00. The van der Waals surface area contributed by atoms with Gasteiger partial charge in [-0.1, -0.05) is 37.6 Å². The summed E-state index contributed by atoms with van der Waals surface area (Å²) in [7, 11) is 1.23. The highest BCUT2D eigenvalue weighted by atomic mass is 35.5. The predicted molar refractivity (Wildman–Crippen MR) is 153 cm³/mol. The third-order valence-corrected chi connectivity index (χ3v) is 5.82. The molecule has 0 aliphatic carbocycles. The Morgan fingerprint density at radius 2 is 1.73 bits per heavy atom. The normalized spacial score (nSPS) is 11.1. The number of nitrogens with zero attached hydrogens (tertiary/aromatic N) is 3. The maximum Gasteiger partial charge on any atom is 0.355 e. The van der Waals surface area contributed by atoms with Gasteiger partial charge in [-0.2, -0.15) is 4.98 Å². The lowest BCUT2D eigenvalue weighted by Crippen LogP contribution is -2.44. The van der Waals surface area contributed by atoms with E-state index in [0.717, 1.165) is 10.1 Å². The molecule has 4 aromatic rings. The predicted octanol–water partition coefficient (Wildman–Crippen LogP) is 4.48. The largest absolute Gasteiger partial charge is 0.469 e. The smallest absolute Gasteiger partial charge is 0.355 e. The molecule has 0 spiro atoms. The molecular weight excluding hydrogens is 538 g/mol. The molecule has 0 aliphatic heterocycles. The number of carbonyl (C=O) groups excluding carboxylic acids is 1. The van der Waals surface area contributed by atoms with Crippen LogP contribution in [0.4, 0.5) is 11.6 Å². The fraction of sp³-hybridized carbons (Fsp3) is 0.250. The Balaban J connectivity index is 0.00000216. The molecule has 4 rings (SSSR count). The summed E-state index contributed by atoms with van der Waals surface area (Å²) in [6.45, 7) is 5.65. The van der Waals surface area contributed by atoms with Crippen LogP contribution in [-0.2, 0) is 16.1 Å². The molecule has 2 aromatic carbocycles. The number of hydrogen-bond donors (Lipinski definition) is 2. The molecule has 210 valence electrons. The standard InChI is InChI=1S/C26H24ClN5O6.C2H6/c1-16(13-23(34)37-2)32-25(35)30-24(31(26(32)36)15-17-3-5-18(27)6-4-17)29-19-7-9-21(10-8-19)38-22-14-20(33)11-12-28-22;1-2/h3-12,14,16H,13,15H2,1-2H3,(H,28,33)(H,29,30,35);1-2H3/t16-;/m0./s1. The molecular formula is C28H30ClN5O6. The van der Waals surface area contributed by atoms with E-state index < -0.39 is 23.4 Å². The quantitative estimate of drug-likeness (QED) is 0.282. The zero-order valence-corrected chi connectivity index (χ0v) is 23.3. The van der Waals surface area contributed by atoms with Crippen molar-refractivity contribution in [3.8, 4) is 11.6 Å². The van der Waals surface area contributed by atoms with Crippen LogP contribution in [-0.4, -0.2) is 32.2 Å². The number of benzene rings is 2. The Kier molecular flexibility index (Phi) is 10.4. The molecule has 0 saturated heterocycles. The van der Waals surface area contributed by atoms with Crippen molar-refractivity contribution in [3.63, 3.8) is 0 Å². The Bertz CT molecular complexity index is 1610. The number of esters is 1. The van der Waals surface area contributed by atoms with Gasteiger partial charge in [-0.3, -0.25) is 14.2 Å². The molecule has 0 unspecified atom stereocenters. The molecule has 2 aromatic heterocycles. The lowest BCUT2D eigenvalue weighted by molar-refractivity contribution is -0.141. The number of anilines is 2. The number of hydrogen-bond acceptors (Lipinski definition) is 8. The maximum absolute atomic E-state index is 13.5. The third-order valence-electron chi connectivity index (χ3n) is 5.57. The first kappa shape index (κ1) is 29.9. The average Bonchev–Trinajstić information content (AvgIpc) is 2.94. The van der Waals surface area contributed by atoms with Gasteiger partial charge in [-0.25, -0.2) is 14.2 Å². The third kappa shape index (κ3) is 7.70. The van der Waals surface area contributed by atoms with Crippen LogP contribution in [0.15, 0.2) is 81.2 Å².